The van der Waals surface area contributed by atoms with Gasteiger partial charge in [0.05, 0.1) is 5.92 Å². The highest BCUT2D eigenvalue weighted by molar-refractivity contribution is 6.34. The maximum Gasteiger partial charge on any atom is 0.312 e. The van der Waals surface area contributed by atoms with E-state index in [2.05, 4.69) is 9.97 Å². The molecule has 14 heavy (non-hydrogen) atoms. The van der Waals surface area contributed by atoms with Crippen molar-refractivity contribution in [2.45, 2.75) is 5.92 Å². The third-order valence-corrected chi connectivity index (χ3v) is 2.27. The molecule has 1 aromatic heterocycles. The number of aromatic nitrogens is 2. The molecule has 0 aliphatic carbocycles. The van der Waals surface area contributed by atoms with Gasteiger partial charge in [0.1, 0.15) is 16.6 Å². The number of aliphatic carboxylic acids is 1. The summed E-state index contributed by atoms with van der Waals surface area (Å²) < 4.78 is 0. The molecule has 0 bridgehead atoms. The van der Waals surface area contributed by atoms with Crippen LogP contribution in [0.25, 0.3) is 0 Å². The van der Waals surface area contributed by atoms with Crippen LogP contribution in [0.3, 0.4) is 0 Å². The van der Waals surface area contributed by atoms with Crippen LogP contribution < -0.4 is 5.73 Å². The Morgan fingerprint density at radius 2 is 2.00 bits per heavy atom. The lowest BCUT2D eigenvalue weighted by Crippen LogP contribution is -2.22. The van der Waals surface area contributed by atoms with Gasteiger partial charge in [0.15, 0.2) is 0 Å². The van der Waals surface area contributed by atoms with Crippen LogP contribution in [0.2, 0.25) is 10.3 Å². The summed E-state index contributed by atoms with van der Waals surface area (Å²) in [6, 6.07) is 0. The molecule has 76 valence electrons. The highest BCUT2D eigenvalue weighted by Crippen LogP contribution is 2.27. The van der Waals surface area contributed by atoms with Crippen LogP contribution in [-0.4, -0.2) is 27.6 Å². The van der Waals surface area contributed by atoms with Crippen molar-refractivity contribution in [3.05, 3.63) is 22.2 Å². The van der Waals surface area contributed by atoms with Gasteiger partial charge in [-0.25, -0.2) is 9.97 Å². The monoisotopic (exact) mass is 235 g/mol. The summed E-state index contributed by atoms with van der Waals surface area (Å²) in [5, 5.41) is 8.86. The lowest BCUT2D eigenvalue weighted by atomic mass is 10.0. The van der Waals surface area contributed by atoms with Gasteiger partial charge in [-0.1, -0.05) is 23.2 Å². The normalized spacial score (nSPS) is 12.5. The molecule has 0 spiro atoms. The number of hydrogen-bond acceptors (Lipinski definition) is 4. The summed E-state index contributed by atoms with van der Waals surface area (Å²) in [6.45, 7) is -0.109. The summed E-state index contributed by atoms with van der Waals surface area (Å²) in [4.78, 5) is 18.1. The van der Waals surface area contributed by atoms with Gasteiger partial charge in [-0.05, 0) is 0 Å². The molecule has 0 aliphatic rings. The Morgan fingerprint density at radius 3 is 2.36 bits per heavy atom. The van der Waals surface area contributed by atoms with Gasteiger partial charge in [0.25, 0.3) is 0 Å². The van der Waals surface area contributed by atoms with Crippen molar-refractivity contribution >= 4 is 29.2 Å². The largest absolute Gasteiger partial charge is 0.481 e. The van der Waals surface area contributed by atoms with Crippen LogP contribution in [0.15, 0.2) is 6.33 Å². The van der Waals surface area contributed by atoms with E-state index in [-0.39, 0.29) is 22.4 Å². The van der Waals surface area contributed by atoms with E-state index in [4.69, 9.17) is 34.0 Å². The van der Waals surface area contributed by atoms with E-state index in [1.54, 1.807) is 0 Å². The predicted octanol–water partition coefficient (Wildman–Crippen LogP) is 0.910. The number of carbonyl (C=O) groups is 1. The van der Waals surface area contributed by atoms with Crippen molar-refractivity contribution in [3.8, 4) is 0 Å². The molecule has 1 unspecified atom stereocenters. The lowest BCUT2D eigenvalue weighted by Gasteiger charge is -2.11. The SMILES string of the molecule is NCC(C(=O)O)c1c(Cl)ncnc1Cl. The third-order valence-electron chi connectivity index (χ3n) is 1.67. The van der Waals surface area contributed by atoms with Gasteiger partial charge in [-0.2, -0.15) is 0 Å². The van der Waals surface area contributed by atoms with Crippen LogP contribution in [0.1, 0.15) is 11.5 Å². The first kappa shape index (κ1) is 11.2. The number of nitrogens with zero attached hydrogens (tertiary/aromatic N) is 2. The van der Waals surface area contributed by atoms with E-state index in [0.717, 1.165) is 6.33 Å². The van der Waals surface area contributed by atoms with Crippen molar-refractivity contribution in [2.24, 2.45) is 5.73 Å². The Balaban J connectivity index is 3.22. The fourth-order valence-corrected chi connectivity index (χ4v) is 1.56. The molecular weight excluding hydrogens is 229 g/mol. The highest BCUT2D eigenvalue weighted by atomic mass is 35.5. The fourth-order valence-electron chi connectivity index (χ4n) is 0.984. The second-order valence-electron chi connectivity index (χ2n) is 2.50. The Kier molecular flexibility index (Phi) is 3.62. The zero-order valence-electron chi connectivity index (χ0n) is 6.94. The molecule has 1 aromatic rings. The lowest BCUT2D eigenvalue weighted by molar-refractivity contribution is -0.138. The molecule has 7 heteroatoms. The molecule has 3 N–H and O–H groups in total. The van der Waals surface area contributed by atoms with Gasteiger partial charge < -0.3 is 10.8 Å². The average molecular weight is 236 g/mol. The van der Waals surface area contributed by atoms with E-state index >= 15 is 0 Å². The van der Waals surface area contributed by atoms with Crippen molar-refractivity contribution < 1.29 is 9.90 Å². The second-order valence-corrected chi connectivity index (χ2v) is 3.21. The van der Waals surface area contributed by atoms with Crippen LogP contribution >= 0.6 is 23.2 Å². The first-order valence-electron chi connectivity index (χ1n) is 3.66. The minimum Gasteiger partial charge on any atom is -0.481 e. The number of carboxylic acid groups (broad SMARTS) is 1. The summed E-state index contributed by atoms with van der Waals surface area (Å²) >= 11 is 11.4. The van der Waals surface area contributed by atoms with Crippen molar-refractivity contribution in [3.63, 3.8) is 0 Å². The zero-order chi connectivity index (χ0) is 10.7. The first-order valence-corrected chi connectivity index (χ1v) is 4.42. The minimum absolute atomic E-state index is 0.0165. The maximum absolute atomic E-state index is 10.8. The Labute approximate surface area is 89.9 Å². The molecule has 5 nitrogen and oxygen atoms in total. The molecule has 0 fully saturated rings. The van der Waals surface area contributed by atoms with Crippen LogP contribution in [0.5, 0.6) is 0 Å². The summed E-state index contributed by atoms with van der Waals surface area (Å²) in [5.74, 6) is -2.08. The number of rotatable bonds is 3. The van der Waals surface area contributed by atoms with Crippen molar-refractivity contribution in [2.75, 3.05) is 6.54 Å². The predicted molar refractivity (Wildman–Crippen MR) is 51.5 cm³/mol. The maximum atomic E-state index is 10.8. The minimum atomic E-state index is -1.11. The summed E-state index contributed by atoms with van der Waals surface area (Å²) in [5.41, 5.74) is 5.45. The molecule has 0 radical (unpaired) electrons. The quantitative estimate of drug-likeness (QED) is 0.761. The van der Waals surface area contributed by atoms with Gasteiger partial charge >= 0.3 is 5.97 Å². The van der Waals surface area contributed by atoms with Crippen LogP contribution in [0.4, 0.5) is 0 Å². The Hall–Kier alpha value is -0.910. The van der Waals surface area contributed by atoms with Crippen molar-refractivity contribution in [1.29, 1.82) is 0 Å². The van der Waals surface area contributed by atoms with Gasteiger partial charge in [0, 0.05) is 12.1 Å². The van der Waals surface area contributed by atoms with Crippen molar-refractivity contribution in [1.82, 2.24) is 9.97 Å². The molecule has 0 aliphatic heterocycles. The molecule has 1 heterocycles. The highest BCUT2D eigenvalue weighted by Gasteiger charge is 2.24. The fraction of sp³-hybridized carbons (Fsp3) is 0.286. The van der Waals surface area contributed by atoms with E-state index in [9.17, 15) is 4.79 Å². The van der Waals surface area contributed by atoms with E-state index in [1.165, 1.54) is 0 Å². The standard InChI is InChI=1S/C7H7Cl2N3O2/c8-5-4(3(1-10)7(13)14)6(9)12-2-11-5/h2-3H,1,10H2,(H,13,14). The number of nitrogens with two attached hydrogens (primary N) is 1. The topological polar surface area (TPSA) is 89.1 Å². The summed E-state index contributed by atoms with van der Waals surface area (Å²) in [6.07, 6.45) is 1.16. The molecule has 0 saturated heterocycles. The van der Waals surface area contributed by atoms with Crippen LogP contribution in [-0.2, 0) is 4.79 Å². The Bertz CT molecular complexity index is 339. The molecule has 0 aromatic carbocycles. The van der Waals surface area contributed by atoms with Crippen LogP contribution in [0, 0.1) is 0 Å². The Morgan fingerprint density at radius 1 is 1.50 bits per heavy atom. The molecule has 1 atom stereocenters. The average Bonchev–Trinajstić information content (AvgIpc) is 2.10. The first-order chi connectivity index (χ1) is 6.57. The second kappa shape index (κ2) is 4.54. The molecule has 0 saturated carbocycles. The zero-order valence-corrected chi connectivity index (χ0v) is 8.46. The molecular formula is C7H7Cl2N3O2. The van der Waals surface area contributed by atoms with E-state index in [1.807, 2.05) is 0 Å². The summed E-state index contributed by atoms with van der Waals surface area (Å²) in [7, 11) is 0. The number of carboxylic acids is 1. The van der Waals surface area contributed by atoms with E-state index in [0.29, 0.717) is 0 Å². The van der Waals surface area contributed by atoms with E-state index < -0.39 is 11.9 Å². The molecule has 1 rings (SSSR count). The molecule has 0 amide bonds. The van der Waals surface area contributed by atoms with Gasteiger partial charge in [0.2, 0.25) is 0 Å². The third kappa shape index (κ3) is 2.12. The number of halogens is 2. The van der Waals surface area contributed by atoms with Gasteiger partial charge in [-0.15, -0.1) is 0 Å². The smallest absolute Gasteiger partial charge is 0.312 e. The van der Waals surface area contributed by atoms with Gasteiger partial charge in [-0.3, -0.25) is 4.79 Å². The number of hydrogen-bond donors (Lipinski definition) is 2.